The molecule has 5 nitrogen and oxygen atoms in total. The molecule has 0 fully saturated rings. The van der Waals surface area contributed by atoms with E-state index < -0.39 is 0 Å². The number of amides is 1. The van der Waals surface area contributed by atoms with Crippen LogP contribution in [0.3, 0.4) is 0 Å². The summed E-state index contributed by atoms with van der Waals surface area (Å²) < 4.78 is 1.95. The molecule has 1 aromatic carbocycles. The van der Waals surface area contributed by atoms with Crippen LogP contribution < -0.4 is 5.32 Å². The molecular weight excluding hydrogens is 459 g/mol. The number of carbonyl (C=O) groups is 1. The van der Waals surface area contributed by atoms with Gasteiger partial charge in [0.1, 0.15) is 0 Å². The number of nitrogens with one attached hydrogen (secondary N) is 1. The molecule has 158 valence electrons. The van der Waals surface area contributed by atoms with Crippen LogP contribution in [0.2, 0.25) is 10.0 Å². The zero-order valence-corrected chi connectivity index (χ0v) is 19.9. The van der Waals surface area contributed by atoms with Crippen molar-refractivity contribution in [2.45, 2.75) is 37.8 Å². The zero-order valence-electron chi connectivity index (χ0n) is 16.7. The number of aryl methyl sites for hydroxylation is 1. The van der Waals surface area contributed by atoms with E-state index in [-0.39, 0.29) is 11.7 Å². The quantitative estimate of drug-likeness (QED) is 0.433. The van der Waals surface area contributed by atoms with Gasteiger partial charge >= 0.3 is 0 Å². The Bertz CT molecular complexity index is 1060. The van der Waals surface area contributed by atoms with Crippen LogP contribution in [0.5, 0.6) is 0 Å². The Balaban J connectivity index is 1.43. The van der Waals surface area contributed by atoms with E-state index in [1.165, 1.54) is 35.0 Å². The third-order valence-electron chi connectivity index (χ3n) is 5.38. The van der Waals surface area contributed by atoms with Crippen molar-refractivity contribution in [3.63, 3.8) is 0 Å². The maximum absolute atomic E-state index is 12.4. The highest BCUT2D eigenvalue weighted by Gasteiger charge is 2.22. The Labute approximate surface area is 194 Å². The van der Waals surface area contributed by atoms with Crippen LogP contribution in [0.1, 0.15) is 30.2 Å². The van der Waals surface area contributed by atoms with Gasteiger partial charge in [-0.1, -0.05) is 54.4 Å². The molecule has 1 aliphatic carbocycles. The van der Waals surface area contributed by atoms with Crippen LogP contribution in [0.4, 0.5) is 5.69 Å². The Hall–Kier alpha value is -1.54. The van der Waals surface area contributed by atoms with E-state index in [4.69, 9.17) is 23.2 Å². The molecule has 2 aromatic heterocycles. The second-order valence-corrected chi connectivity index (χ2v) is 10.3. The lowest BCUT2D eigenvalue weighted by molar-refractivity contribution is -0.113. The fraction of sp³-hybridized carbons (Fsp3) is 0.381. The number of para-hydroxylation sites is 1. The minimum absolute atomic E-state index is 0.187. The normalized spacial score (nSPS) is 15.8. The Kier molecular flexibility index (Phi) is 6.72. The number of aromatic nitrogens is 3. The number of hydrogen-bond donors (Lipinski definition) is 1. The van der Waals surface area contributed by atoms with Crippen molar-refractivity contribution >= 4 is 57.9 Å². The molecule has 30 heavy (non-hydrogen) atoms. The highest BCUT2D eigenvalue weighted by Crippen LogP contribution is 2.38. The smallest absolute Gasteiger partial charge is 0.234 e. The predicted octanol–water partition coefficient (Wildman–Crippen LogP) is 6.10. The number of thioether (sulfide) groups is 1. The fourth-order valence-electron chi connectivity index (χ4n) is 3.64. The molecule has 1 aliphatic rings. The number of hydrogen-bond acceptors (Lipinski definition) is 5. The van der Waals surface area contributed by atoms with Gasteiger partial charge in [-0.2, -0.15) is 0 Å². The topological polar surface area (TPSA) is 59.8 Å². The molecule has 2 heterocycles. The summed E-state index contributed by atoms with van der Waals surface area (Å²) in [6.07, 6.45) is 4.82. The number of anilines is 1. The van der Waals surface area contributed by atoms with Crippen molar-refractivity contribution in [3.05, 3.63) is 44.8 Å². The molecule has 0 saturated heterocycles. The summed E-state index contributed by atoms with van der Waals surface area (Å²) in [7, 11) is 1.94. The maximum Gasteiger partial charge on any atom is 0.234 e. The lowest BCUT2D eigenvalue weighted by Gasteiger charge is -2.19. The van der Waals surface area contributed by atoms with Crippen LogP contribution in [-0.2, 0) is 24.7 Å². The van der Waals surface area contributed by atoms with Crippen LogP contribution in [0.15, 0.2) is 29.4 Å². The minimum Gasteiger partial charge on any atom is -0.323 e. The van der Waals surface area contributed by atoms with E-state index in [1.807, 2.05) is 23.0 Å². The van der Waals surface area contributed by atoms with E-state index in [2.05, 4.69) is 28.5 Å². The largest absolute Gasteiger partial charge is 0.323 e. The van der Waals surface area contributed by atoms with E-state index in [9.17, 15) is 4.79 Å². The number of fused-ring (bicyclic) bond motifs is 1. The summed E-state index contributed by atoms with van der Waals surface area (Å²) in [6, 6.07) is 7.39. The molecule has 0 bridgehead atoms. The van der Waals surface area contributed by atoms with Gasteiger partial charge in [0, 0.05) is 11.9 Å². The highest BCUT2D eigenvalue weighted by atomic mass is 35.5. The van der Waals surface area contributed by atoms with Gasteiger partial charge in [0.15, 0.2) is 11.0 Å². The van der Waals surface area contributed by atoms with Crippen molar-refractivity contribution in [2.75, 3.05) is 11.1 Å². The third-order valence-corrected chi connectivity index (χ3v) is 8.26. The van der Waals surface area contributed by atoms with E-state index in [0.29, 0.717) is 20.9 Å². The van der Waals surface area contributed by atoms with Gasteiger partial charge in [0.2, 0.25) is 5.91 Å². The monoisotopic (exact) mass is 480 g/mol. The molecule has 4 rings (SSSR count). The standard InChI is InChI=1S/C21H22Cl2N4OS2/c1-3-12-7-8-16-13(9-12)10-17(30-16)20-25-26-21(27(20)2)29-11-18(28)24-19-14(22)5-4-6-15(19)23/h4-6,10,12H,3,7-9,11H2,1-2H3,(H,24,28). The van der Waals surface area contributed by atoms with Crippen LogP contribution in [0, 0.1) is 5.92 Å². The number of thiophene rings is 1. The van der Waals surface area contributed by atoms with Crippen molar-refractivity contribution in [1.82, 2.24) is 14.8 Å². The summed E-state index contributed by atoms with van der Waals surface area (Å²) in [5.74, 6) is 1.62. The first-order chi connectivity index (χ1) is 14.5. The number of benzene rings is 1. The Morgan fingerprint density at radius 3 is 2.83 bits per heavy atom. The van der Waals surface area contributed by atoms with Gasteiger partial charge in [0.25, 0.3) is 0 Å². The number of carbonyl (C=O) groups excluding carboxylic acids is 1. The van der Waals surface area contributed by atoms with Crippen LogP contribution >= 0.6 is 46.3 Å². The molecule has 9 heteroatoms. The van der Waals surface area contributed by atoms with Gasteiger partial charge in [-0.15, -0.1) is 21.5 Å². The first kappa shape index (κ1) is 21.7. The summed E-state index contributed by atoms with van der Waals surface area (Å²) in [5.41, 5.74) is 1.89. The van der Waals surface area contributed by atoms with Crippen molar-refractivity contribution in [3.8, 4) is 10.7 Å². The molecule has 1 unspecified atom stereocenters. The van der Waals surface area contributed by atoms with Crippen LogP contribution in [-0.4, -0.2) is 26.4 Å². The van der Waals surface area contributed by atoms with Crippen molar-refractivity contribution < 1.29 is 4.79 Å². The summed E-state index contributed by atoms with van der Waals surface area (Å²) in [4.78, 5) is 15.0. The number of halogens is 2. The first-order valence-corrected chi connectivity index (χ1v) is 12.4. The zero-order chi connectivity index (χ0) is 21.3. The molecule has 1 N–H and O–H groups in total. The van der Waals surface area contributed by atoms with E-state index >= 15 is 0 Å². The van der Waals surface area contributed by atoms with Gasteiger partial charge in [-0.3, -0.25) is 4.79 Å². The lowest BCUT2D eigenvalue weighted by Crippen LogP contribution is -2.15. The van der Waals surface area contributed by atoms with Gasteiger partial charge < -0.3 is 9.88 Å². The average molecular weight is 481 g/mol. The Morgan fingerprint density at radius 1 is 1.33 bits per heavy atom. The molecule has 3 aromatic rings. The van der Waals surface area contributed by atoms with Crippen molar-refractivity contribution in [1.29, 1.82) is 0 Å². The fourth-order valence-corrected chi connectivity index (χ4v) is 6.07. The van der Waals surface area contributed by atoms with Gasteiger partial charge in [-0.05, 0) is 48.9 Å². The Morgan fingerprint density at radius 2 is 2.10 bits per heavy atom. The summed E-state index contributed by atoms with van der Waals surface area (Å²) in [6.45, 7) is 2.27. The second-order valence-electron chi connectivity index (χ2n) is 7.37. The molecule has 0 aliphatic heterocycles. The van der Waals surface area contributed by atoms with Gasteiger partial charge in [0.05, 0.1) is 26.4 Å². The molecular formula is C21H22Cl2N4OS2. The predicted molar refractivity (Wildman–Crippen MR) is 126 cm³/mol. The lowest BCUT2D eigenvalue weighted by atomic mass is 9.87. The second kappa shape index (κ2) is 9.30. The van der Waals surface area contributed by atoms with E-state index in [0.717, 1.165) is 29.5 Å². The highest BCUT2D eigenvalue weighted by molar-refractivity contribution is 7.99. The van der Waals surface area contributed by atoms with E-state index in [1.54, 1.807) is 18.2 Å². The maximum atomic E-state index is 12.4. The first-order valence-electron chi connectivity index (χ1n) is 9.84. The van der Waals surface area contributed by atoms with Crippen LogP contribution in [0.25, 0.3) is 10.7 Å². The molecule has 1 amide bonds. The molecule has 1 atom stereocenters. The molecule has 0 spiro atoms. The SMILES string of the molecule is CCC1CCc2sc(-c3nnc(SCC(=O)Nc4c(Cl)cccc4Cl)n3C)cc2C1. The number of rotatable bonds is 6. The van der Waals surface area contributed by atoms with Gasteiger partial charge in [-0.25, -0.2) is 0 Å². The molecule has 0 saturated carbocycles. The minimum atomic E-state index is -0.197. The van der Waals surface area contributed by atoms with Crippen molar-refractivity contribution in [2.24, 2.45) is 13.0 Å². The average Bonchev–Trinajstić information content (AvgIpc) is 3.31. The molecule has 0 radical (unpaired) electrons. The summed E-state index contributed by atoms with van der Waals surface area (Å²) >= 11 is 15.4. The summed E-state index contributed by atoms with van der Waals surface area (Å²) in [5, 5.41) is 13.0. The third kappa shape index (κ3) is 4.54. The number of nitrogens with zero attached hydrogens (tertiary/aromatic N) is 3.